The number of carbonyl (C=O) groups excluding carboxylic acids is 1. The van der Waals surface area contributed by atoms with Gasteiger partial charge in [0.25, 0.3) is 5.56 Å². The Hall–Kier alpha value is -2.28. The maximum Gasteiger partial charge on any atom is 0.257 e. The van der Waals surface area contributed by atoms with Crippen molar-refractivity contribution in [1.82, 2.24) is 9.97 Å². The normalized spacial score (nSPS) is 20.2. The molecule has 0 aromatic carbocycles. The first kappa shape index (κ1) is 21.0. The number of rotatable bonds is 5. The number of carbonyl (C=O) groups is 1. The van der Waals surface area contributed by atoms with Gasteiger partial charge in [0.1, 0.15) is 17.3 Å². The van der Waals surface area contributed by atoms with Gasteiger partial charge in [-0.3, -0.25) is 9.59 Å². The molecule has 2 aromatic rings. The molecule has 0 saturated carbocycles. The second-order valence-corrected chi connectivity index (χ2v) is 10.6. The Labute approximate surface area is 180 Å². The molecule has 7 heteroatoms. The number of hydrogen-bond acceptors (Lipinski definition) is 6. The summed E-state index contributed by atoms with van der Waals surface area (Å²) in [5.74, 6) is 2.92. The molecule has 0 bridgehead atoms. The minimum atomic E-state index is -0.528. The zero-order valence-electron chi connectivity index (χ0n) is 18.2. The Morgan fingerprint density at radius 3 is 2.70 bits per heavy atom. The molecule has 3 heterocycles. The van der Waals surface area contributed by atoms with Crippen molar-refractivity contribution in [1.29, 1.82) is 0 Å². The van der Waals surface area contributed by atoms with Gasteiger partial charge in [0.2, 0.25) is 0 Å². The summed E-state index contributed by atoms with van der Waals surface area (Å²) in [6.45, 7) is 10.4. The number of hydrogen-bond donors (Lipinski definition) is 2. The lowest BCUT2D eigenvalue weighted by molar-refractivity contribution is -0.118. The monoisotopic (exact) mass is 427 g/mol. The van der Waals surface area contributed by atoms with E-state index in [-0.39, 0.29) is 16.8 Å². The molecular weight excluding hydrogens is 398 g/mol. The van der Waals surface area contributed by atoms with Crippen molar-refractivity contribution in [3.63, 3.8) is 0 Å². The number of nitrogens with zero attached hydrogens (tertiary/aromatic N) is 1. The molecule has 0 radical (unpaired) electrons. The summed E-state index contributed by atoms with van der Waals surface area (Å²) >= 11 is 1.55. The number of aromatic nitrogens is 2. The molecular formula is C23H29N3O3S. The van der Waals surface area contributed by atoms with Crippen LogP contribution >= 0.6 is 11.8 Å². The molecule has 1 atom stereocenters. The van der Waals surface area contributed by atoms with Gasteiger partial charge in [-0.05, 0) is 43.2 Å². The summed E-state index contributed by atoms with van der Waals surface area (Å²) in [5, 5.41) is 3.95. The van der Waals surface area contributed by atoms with Crippen molar-refractivity contribution < 1.29 is 9.21 Å². The molecule has 2 aliphatic rings. The number of Topliss-reactive ketones (excluding diaryl/α,β-unsaturated/α-hetero) is 1. The molecule has 160 valence electrons. The second-order valence-electron chi connectivity index (χ2n) is 9.50. The van der Waals surface area contributed by atoms with Gasteiger partial charge in [0.05, 0.1) is 11.5 Å². The van der Waals surface area contributed by atoms with E-state index in [0.29, 0.717) is 40.2 Å². The molecule has 0 fully saturated rings. The van der Waals surface area contributed by atoms with Crippen LogP contribution < -0.4 is 10.9 Å². The summed E-state index contributed by atoms with van der Waals surface area (Å²) in [6, 6.07) is 3.73. The average molecular weight is 428 g/mol. The van der Waals surface area contributed by atoms with Gasteiger partial charge in [-0.15, -0.1) is 0 Å². The van der Waals surface area contributed by atoms with E-state index >= 15 is 0 Å². The summed E-state index contributed by atoms with van der Waals surface area (Å²) in [4.78, 5) is 34.0. The van der Waals surface area contributed by atoms with Crippen LogP contribution in [0.4, 0.5) is 5.82 Å². The molecule has 1 aliphatic heterocycles. The molecule has 4 rings (SSSR count). The van der Waals surface area contributed by atoms with Crippen LogP contribution in [-0.4, -0.2) is 21.5 Å². The molecule has 2 N–H and O–H groups in total. The van der Waals surface area contributed by atoms with Gasteiger partial charge < -0.3 is 14.7 Å². The van der Waals surface area contributed by atoms with Gasteiger partial charge in [0.15, 0.2) is 10.9 Å². The van der Waals surface area contributed by atoms with E-state index in [9.17, 15) is 9.59 Å². The Kier molecular flexibility index (Phi) is 5.43. The van der Waals surface area contributed by atoms with Crippen molar-refractivity contribution in [2.24, 2.45) is 11.3 Å². The highest BCUT2D eigenvalue weighted by molar-refractivity contribution is 7.99. The predicted octanol–water partition coefficient (Wildman–Crippen LogP) is 5.01. The first-order valence-corrected chi connectivity index (χ1v) is 11.5. The van der Waals surface area contributed by atoms with Crippen LogP contribution in [0.25, 0.3) is 0 Å². The van der Waals surface area contributed by atoms with Gasteiger partial charge in [0, 0.05) is 23.4 Å². The molecule has 6 nitrogen and oxygen atoms in total. The van der Waals surface area contributed by atoms with Crippen LogP contribution in [-0.2, 0) is 4.79 Å². The van der Waals surface area contributed by atoms with E-state index in [1.165, 1.54) is 0 Å². The summed E-state index contributed by atoms with van der Waals surface area (Å²) in [6.07, 6.45) is 2.23. The first-order chi connectivity index (χ1) is 14.1. The number of thioether (sulfide) groups is 1. The second kappa shape index (κ2) is 7.76. The van der Waals surface area contributed by atoms with E-state index in [0.717, 1.165) is 30.1 Å². The third kappa shape index (κ3) is 4.00. The largest absolute Gasteiger partial charge is 0.465 e. The lowest BCUT2D eigenvalue weighted by Gasteiger charge is -2.37. The molecule has 30 heavy (non-hydrogen) atoms. The Bertz CT molecular complexity index is 1080. The third-order valence-corrected chi connectivity index (χ3v) is 6.59. The minimum absolute atomic E-state index is 0.0632. The van der Waals surface area contributed by atoms with Crippen LogP contribution in [0.3, 0.4) is 0 Å². The lowest BCUT2D eigenvalue weighted by Crippen LogP contribution is -2.36. The summed E-state index contributed by atoms with van der Waals surface area (Å²) < 4.78 is 5.91. The fourth-order valence-corrected chi connectivity index (χ4v) is 5.35. The number of fused-ring (bicyclic) bond motifs is 1. The zero-order chi connectivity index (χ0) is 21.6. The lowest BCUT2D eigenvalue weighted by atomic mass is 9.70. The first-order valence-electron chi connectivity index (χ1n) is 10.5. The highest BCUT2D eigenvalue weighted by Gasteiger charge is 2.43. The predicted molar refractivity (Wildman–Crippen MR) is 119 cm³/mol. The summed E-state index contributed by atoms with van der Waals surface area (Å²) in [7, 11) is 0. The van der Waals surface area contributed by atoms with Crippen LogP contribution in [0.1, 0.15) is 70.0 Å². The van der Waals surface area contributed by atoms with Crippen molar-refractivity contribution in [3.05, 3.63) is 50.8 Å². The average Bonchev–Trinajstić information content (AvgIpc) is 3.04. The smallest absolute Gasteiger partial charge is 0.257 e. The van der Waals surface area contributed by atoms with Gasteiger partial charge in [-0.25, -0.2) is 4.98 Å². The van der Waals surface area contributed by atoms with Crippen LogP contribution in [0.15, 0.2) is 37.8 Å². The van der Waals surface area contributed by atoms with Gasteiger partial charge in [-0.2, -0.15) is 0 Å². The van der Waals surface area contributed by atoms with E-state index in [1.807, 2.05) is 19.1 Å². The number of aromatic amines is 1. The molecule has 0 amide bonds. The fourth-order valence-electron chi connectivity index (χ4n) is 4.25. The fraction of sp³-hybridized carbons (Fsp3) is 0.522. The van der Waals surface area contributed by atoms with Crippen LogP contribution in [0, 0.1) is 18.3 Å². The number of aryl methyl sites for hydroxylation is 1. The number of H-pyrrole nitrogens is 1. The minimum Gasteiger partial charge on any atom is -0.465 e. The SMILES string of the molecule is Cc1ccc([C@H]2C3=C(CC(C)(C)CC3=O)Nc3nc(SCCC(C)C)[nH]c(=O)c32)o1. The summed E-state index contributed by atoms with van der Waals surface area (Å²) in [5.41, 5.74) is 1.61. The number of furan rings is 1. The van der Waals surface area contributed by atoms with Crippen molar-refractivity contribution in [2.75, 3.05) is 11.1 Å². The molecule has 0 saturated heterocycles. The van der Waals surface area contributed by atoms with Crippen molar-refractivity contribution >= 4 is 23.4 Å². The van der Waals surface area contributed by atoms with Crippen molar-refractivity contribution in [2.45, 2.75) is 65.0 Å². The molecule has 1 aliphatic carbocycles. The zero-order valence-corrected chi connectivity index (χ0v) is 19.0. The van der Waals surface area contributed by atoms with Gasteiger partial charge >= 0.3 is 0 Å². The third-order valence-electron chi connectivity index (χ3n) is 5.68. The highest BCUT2D eigenvalue weighted by Crippen LogP contribution is 2.47. The van der Waals surface area contributed by atoms with Gasteiger partial charge in [-0.1, -0.05) is 39.5 Å². The van der Waals surface area contributed by atoms with Crippen LogP contribution in [0.5, 0.6) is 0 Å². The van der Waals surface area contributed by atoms with Crippen LogP contribution in [0.2, 0.25) is 0 Å². The standard InChI is InChI=1S/C23H29N3O3S/c1-12(2)8-9-30-22-25-20-19(21(28)26-22)18(16-7-6-13(3)29-16)17-14(24-20)10-23(4,5)11-15(17)27/h6-7,12,18H,8-11H2,1-5H3,(H2,24,25,26,28)/t18-/m0/s1. The maximum atomic E-state index is 13.2. The maximum absolute atomic E-state index is 13.2. The number of anilines is 1. The van der Waals surface area contributed by atoms with Crippen molar-refractivity contribution in [3.8, 4) is 0 Å². The Balaban J connectivity index is 1.81. The topological polar surface area (TPSA) is 88.0 Å². The Morgan fingerprint density at radius 2 is 2.03 bits per heavy atom. The van der Waals surface area contributed by atoms with E-state index in [1.54, 1.807) is 11.8 Å². The van der Waals surface area contributed by atoms with E-state index < -0.39 is 5.92 Å². The Morgan fingerprint density at radius 1 is 1.27 bits per heavy atom. The number of ketones is 1. The molecule has 2 aromatic heterocycles. The quantitative estimate of drug-likeness (QED) is 0.515. The number of nitrogens with one attached hydrogen (secondary N) is 2. The van der Waals surface area contributed by atoms with E-state index in [2.05, 4.69) is 38.0 Å². The molecule has 0 spiro atoms. The highest BCUT2D eigenvalue weighted by atomic mass is 32.2. The van der Waals surface area contributed by atoms with E-state index in [4.69, 9.17) is 9.40 Å². The molecule has 0 unspecified atom stereocenters. The number of allylic oxidation sites excluding steroid dienone is 2.